The van der Waals surface area contributed by atoms with Crippen LogP contribution in [0.15, 0.2) is 40.3 Å². The van der Waals surface area contributed by atoms with Gasteiger partial charge in [-0.1, -0.05) is 11.6 Å². The number of amidine groups is 1. The largest absolute Gasteiger partial charge is 0.491 e. The van der Waals surface area contributed by atoms with Gasteiger partial charge in [0.2, 0.25) is 0 Å². The molecule has 2 aromatic rings. The number of ether oxygens (including phenoxy) is 1. The molecular weight excluding hydrogens is 441 g/mol. The first-order chi connectivity index (χ1) is 15.9. The Labute approximate surface area is 198 Å². The van der Waals surface area contributed by atoms with E-state index in [1.807, 2.05) is 12.1 Å². The third kappa shape index (κ3) is 4.70. The van der Waals surface area contributed by atoms with Crippen molar-refractivity contribution in [2.24, 2.45) is 21.3 Å². The Hall–Kier alpha value is -2.64. The number of fused-ring (bicyclic) bond motifs is 1. The second-order valence-corrected chi connectivity index (χ2v) is 9.77. The zero-order valence-electron chi connectivity index (χ0n) is 18.8. The molecule has 2 aromatic carbocycles. The summed E-state index contributed by atoms with van der Waals surface area (Å²) in [7, 11) is 2.21. The molecule has 1 saturated carbocycles. The van der Waals surface area contributed by atoms with Gasteiger partial charge in [-0.05, 0) is 81.4 Å². The second kappa shape index (κ2) is 8.95. The molecule has 2 aliphatic heterocycles. The quantitative estimate of drug-likeness (QED) is 0.595. The molecule has 1 aliphatic carbocycles. The summed E-state index contributed by atoms with van der Waals surface area (Å²) in [4.78, 5) is 11.5. The van der Waals surface area contributed by atoms with E-state index in [0.29, 0.717) is 41.5 Å². The Kier molecular flexibility index (Phi) is 6.01. The number of rotatable bonds is 5. The number of likely N-dealkylation sites (tertiary alicyclic amines) is 1. The smallest absolute Gasteiger partial charge is 0.144 e. The average Bonchev–Trinajstić information content (AvgIpc) is 3.51. The number of nitrogen functional groups attached to an aromatic ring is 1. The van der Waals surface area contributed by atoms with E-state index < -0.39 is 5.82 Å². The highest BCUT2D eigenvalue weighted by molar-refractivity contribution is 6.31. The lowest BCUT2D eigenvalue weighted by Gasteiger charge is -2.30. The van der Waals surface area contributed by atoms with Gasteiger partial charge in [0, 0.05) is 23.5 Å². The van der Waals surface area contributed by atoms with Crippen LogP contribution in [-0.2, 0) is 0 Å². The highest BCUT2D eigenvalue weighted by Crippen LogP contribution is 2.60. The summed E-state index contributed by atoms with van der Waals surface area (Å²) in [5, 5.41) is 3.26. The van der Waals surface area contributed by atoms with Crippen molar-refractivity contribution < 1.29 is 9.13 Å². The van der Waals surface area contributed by atoms with Gasteiger partial charge in [-0.2, -0.15) is 0 Å². The fraction of sp³-hybridized carbons (Fsp3) is 0.440. The summed E-state index contributed by atoms with van der Waals surface area (Å²) in [5.41, 5.74) is 9.58. The molecule has 0 bridgehead atoms. The maximum Gasteiger partial charge on any atom is 0.144 e. The summed E-state index contributed by atoms with van der Waals surface area (Å²) in [6, 6.07) is 8.17. The molecule has 1 saturated heterocycles. The molecule has 33 heavy (non-hydrogen) atoms. The van der Waals surface area contributed by atoms with Gasteiger partial charge < -0.3 is 20.7 Å². The highest BCUT2D eigenvalue weighted by Gasteiger charge is 2.53. The van der Waals surface area contributed by atoms with Crippen molar-refractivity contribution >= 4 is 40.7 Å². The van der Waals surface area contributed by atoms with Crippen LogP contribution in [0.1, 0.15) is 31.2 Å². The van der Waals surface area contributed by atoms with Crippen molar-refractivity contribution in [3.05, 3.63) is 46.7 Å². The Balaban J connectivity index is 1.25. The van der Waals surface area contributed by atoms with Crippen molar-refractivity contribution in [2.75, 3.05) is 44.3 Å². The molecule has 1 atom stereocenters. The Bertz CT molecular complexity index is 1110. The van der Waals surface area contributed by atoms with E-state index in [1.54, 1.807) is 12.3 Å². The second-order valence-electron chi connectivity index (χ2n) is 9.37. The van der Waals surface area contributed by atoms with Crippen LogP contribution in [0, 0.1) is 17.2 Å². The fourth-order valence-electron chi connectivity index (χ4n) is 5.01. The number of piperidine rings is 1. The van der Waals surface area contributed by atoms with Crippen LogP contribution in [0.5, 0.6) is 5.75 Å². The van der Waals surface area contributed by atoms with E-state index in [2.05, 4.69) is 27.2 Å². The van der Waals surface area contributed by atoms with Crippen molar-refractivity contribution in [1.29, 1.82) is 0 Å². The molecule has 8 heteroatoms. The highest BCUT2D eigenvalue weighted by atomic mass is 35.5. The van der Waals surface area contributed by atoms with Crippen LogP contribution >= 0.6 is 11.6 Å². The summed E-state index contributed by atoms with van der Waals surface area (Å²) < 4.78 is 19.6. The van der Waals surface area contributed by atoms with Crippen molar-refractivity contribution in [3.63, 3.8) is 0 Å². The Morgan fingerprint density at radius 2 is 2.09 bits per heavy atom. The van der Waals surface area contributed by atoms with Crippen LogP contribution in [0.4, 0.5) is 21.5 Å². The van der Waals surface area contributed by atoms with Crippen LogP contribution in [0.25, 0.3) is 0 Å². The minimum absolute atomic E-state index is 0.0478. The van der Waals surface area contributed by atoms with Crippen LogP contribution in [-0.4, -0.2) is 50.2 Å². The van der Waals surface area contributed by atoms with Crippen molar-refractivity contribution in [1.82, 2.24) is 4.90 Å². The first-order valence-corrected chi connectivity index (χ1v) is 11.9. The van der Waals surface area contributed by atoms with E-state index in [1.165, 1.54) is 44.5 Å². The molecular formula is C25H29ClFN5O. The number of benzene rings is 2. The SMILES string of the molecule is CN1CCC2(CC1)CC2CCOc1cc2c(cc1N)C(Nc1ccc(F)c(Cl)c1)=NCC=N2. The maximum atomic E-state index is 13.5. The lowest BCUT2D eigenvalue weighted by molar-refractivity contribution is 0.185. The molecule has 0 aromatic heterocycles. The van der Waals surface area contributed by atoms with E-state index in [0.717, 1.165) is 23.6 Å². The molecule has 1 unspecified atom stereocenters. The van der Waals surface area contributed by atoms with Gasteiger partial charge in [0.15, 0.2) is 0 Å². The fourth-order valence-corrected chi connectivity index (χ4v) is 5.19. The summed E-state index contributed by atoms with van der Waals surface area (Å²) in [5.74, 6) is 1.55. The van der Waals surface area contributed by atoms with Crippen molar-refractivity contribution in [3.8, 4) is 5.75 Å². The minimum Gasteiger partial charge on any atom is -0.491 e. The number of halogens is 2. The Morgan fingerprint density at radius 1 is 1.27 bits per heavy atom. The molecule has 3 N–H and O–H groups in total. The maximum absolute atomic E-state index is 13.5. The molecule has 0 radical (unpaired) electrons. The standard InChI is InChI=1S/C25H29ClFN5O/c1-32-9-5-25(6-10-32)15-16(25)4-11-33-23-14-22-18(13-21(23)28)24(30-8-7-29-22)31-17-2-3-20(27)19(26)12-17/h2-3,7,12-14,16H,4-6,8-11,15,28H2,1H3,(H,30,31). The minimum atomic E-state index is -0.465. The molecule has 2 fully saturated rings. The molecule has 3 aliphatic rings. The van der Waals surface area contributed by atoms with Gasteiger partial charge in [-0.15, -0.1) is 0 Å². The molecule has 174 valence electrons. The molecule has 0 amide bonds. The zero-order valence-corrected chi connectivity index (χ0v) is 19.5. The number of aliphatic imine (C=N–C) groups is 2. The summed E-state index contributed by atoms with van der Waals surface area (Å²) in [6.07, 6.45) is 6.74. The van der Waals surface area contributed by atoms with Crippen LogP contribution in [0.2, 0.25) is 5.02 Å². The van der Waals surface area contributed by atoms with Crippen LogP contribution < -0.4 is 15.8 Å². The lowest BCUT2D eigenvalue weighted by Crippen LogP contribution is -2.32. The van der Waals surface area contributed by atoms with E-state index in [-0.39, 0.29) is 5.02 Å². The first-order valence-electron chi connectivity index (χ1n) is 11.5. The number of hydrogen-bond acceptors (Lipinski definition) is 6. The topological polar surface area (TPSA) is 75.2 Å². The van der Waals surface area contributed by atoms with Crippen molar-refractivity contribution in [2.45, 2.75) is 25.7 Å². The van der Waals surface area contributed by atoms with Gasteiger partial charge in [-0.3, -0.25) is 9.98 Å². The number of nitrogens with two attached hydrogens (primary N) is 1. The first kappa shape index (κ1) is 22.2. The van der Waals surface area contributed by atoms with E-state index in [9.17, 15) is 4.39 Å². The summed E-state index contributed by atoms with van der Waals surface area (Å²) >= 11 is 5.92. The molecule has 1 spiro atoms. The third-order valence-corrected chi connectivity index (χ3v) is 7.48. The van der Waals surface area contributed by atoms with Gasteiger partial charge in [-0.25, -0.2) is 4.39 Å². The van der Waals surface area contributed by atoms with Crippen LogP contribution in [0.3, 0.4) is 0 Å². The molecule has 2 heterocycles. The number of anilines is 2. The third-order valence-electron chi connectivity index (χ3n) is 7.19. The van der Waals surface area contributed by atoms with Gasteiger partial charge in [0.05, 0.1) is 29.5 Å². The molecule has 5 rings (SSSR count). The van der Waals surface area contributed by atoms with Gasteiger partial charge >= 0.3 is 0 Å². The number of nitrogens with one attached hydrogen (secondary N) is 1. The summed E-state index contributed by atoms with van der Waals surface area (Å²) in [6.45, 7) is 3.48. The predicted octanol–water partition coefficient (Wildman–Crippen LogP) is 5.14. The predicted molar refractivity (Wildman–Crippen MR) is 133 cm³/mol. The van der Waals surface area contributed by atoms with E-state index >= 15 is 0 Å². The average molecular weight is 470 g/mol. The monoisotopic (exact) mass is 469 g/mol. The Morgan fingerprint density at radius 3 is 2.88 bits per heavy atom. The lowest BCUT2D eigenvalue weighted by atomic mass is 9.90. The normalized spacial score (nSPS) is 21.3. The van der Waals surface area contributed by atoms with Gasteiger partial charge in [0.1, 0.15) is 17.4 Å². The number of nitrogens with zero attached hydrogens (tertiary/aromatic N) is 3. The zero-order chi connectivity index (χ0) is 23.0. The van der Waals surface area contributed by atoms with E-state index in [4.69, 9.17) is 22.1 Å². The number of hydrogen-bond donors (Lipinski definition) is 2. The molecule has 6 nitrogen and oxygen atoms in total. The van der Waals surface area contributed by atoms with Gasteiger partial charge in [0.25, 0.3) is 0 Å².